The second-order valence-electron chi connectivity index (χ2n) is 7.58. The number of hydrogen-bond acceptors (Lipinski definition) is 6. The van der Waals surface area contributed by atoms with E-state index in [0.717, 1.165) is 10.9 Å². The minimum atomic E-state index is -0.935. The van der Waals surface area contributed by atoms with Crippen molar-refractivity contribution in [3.8, 4) is 11.5 Å². The molecule has 0 saturated heterocycles. The van der Waals surface area contributed by atoms with Crippen LogP contribution in [0.3, 0.4) is 0 Å². The van der Waals surface area contributed by atoms with Crippen LogP contribution in [-0.2, 0) is 9.53 Å². The summed E-state index contributed by atoms with van der Waals surface area (Å²) in [4.78, 5) is 41.1. The van der Waals surface area contributed by atoms with Crippen LogP contribution in [0.5, 0.6) is 11.5 Å². The molecule has 32 heavy (non-hydrogen) atoms. The summed E-state index contributed by atoms with van der Waals surface area (Å²) in [6.45, 7) is 3.13. The highest BCUT2D eigenvalue weighted by molar-refractivity contribution is 6.09. The number of carbonyl (C=O) groups excluding carboxylic acids is 3. The molecule has 168 valence electrons. The van der Waals surface area contributed by atoms with Crippen molar-refractivity contribution in [2.24, 2.45) is 5.92 Å². The number of aromatic nitrogens is 1. The molecule has 1 heterocycles. The molecule has 8 nitrogen and oxygen atoms in total. The quantitative estimate of drug-likeness (QED) is 0.392. The molecule has 1 aromatic heterocycles. The summed E-state index contributed by atoms with van der Waals surface area (Å²) in [5.41, 5.74) is 1.54. The average Bonchev–Trinajstić information content (AvgIpc) is 3.24. The molecular formula is C24H26N2O6. The molecule has 0 aliphatic rings. The lowest BCUT2D eigenvalue weighted by Crippen LogP contribution is -2.45. The van der Waals surface area contributed by atoms with Crippen molar-refractivity contribution in [1.29, 1.82) is 0 Å². The van der Waals surface area contributed by atoms with Gasteiger partial charge < -0.3 is 24.5 Å². The van der Waals surface area contributed by atoms with Crippen LogP contribution in [0.1, 0.15) is 34.6 Å². The maximum atomic E-state index is 12.8. The molecule has 3 rings (SSSR count). The van der Waals surface area contributed by atoms with Gasteiger partial charge in [-0.05, 0) is 24.1 Å². The number of benzene rings is 2. The first-order valence-corrected chi connectivity index (χ1v) is 10.1. The highest BCUT2D eigenvalue weighted by Crippen LogP contribution is 2.23. The summed E-state index contributed by atoms with van der Waals surface area (Å²) in [6.07, 6.45) is 1.60. The fraction of sp³-hybridized carbons (Fsp3) is 0.292. The zero-order valence-corrected chi connectivity index (χ0v) is 18.4. The van der Waals surface area contributed by atoms with Crippen LogP contribution in [0.15, 0.2) is 48.7 Å². The number of para-hydroxylation sites is 1. The minimum Gasteiger partial charge on any atom is -0.497 e. The van der Waals surface area contributed by atoms with E-state index in [4.69, 9.17) is 14.2 Å². The van der Waals surface area contributed by atoms with Crippen molar-refractivity contribution < 1.29 is 28.6 Å². The summed E-state index contributed by atoms with van der Waals surface area (Å²) in [5.74, 6) is -0.869. The van der Waals surface area contributed by atoms with Crippen molar-refractivity contribution >= 4 is 28.6 Å². The Labute approximate surface area is 185 Å². The smallest absolute Gasteiger partial charge is 0.329 e. The van der Waals surface area contributed by atoms with E-state index in [1.54, 1.807) is 38.2 Å². The molecule has 3 aromatic rings. The molecule has 8 heteroatoms. The SMILES string of the molecule is COc1cc(OC)cc(C(=O)N[C@@H](C(=O)OCC(=O)c2c[nH]c3ccccc23)C(C)C)c1. The fourth-order valence-corrected chi connectivity index (χ4v) is 3.27. The van der Waals surface area contributed by atoms with E-state index < -0.39 is 24.5 Å². The number of esters is 1. The van der Waals surface area contributed by atoms with Gasteiger partial charge in [0.15, 0.2) is 6.61 Å². The number of carbonyl (C=O) groups is 3. The summed E-state index contributed by atoms with van der Waals surface area (Å²) in [6, 6.07) is 11.2. The molecule has 0 radical (unpaired) electrons. The Hall–Kier alpha value is -3.81. The highest BCUT2D eigenvalue weighted by Gasteiger charge is 2.27. The van der Waals surface area contributed by atoms with Crippen LogP contribution in [0.25, 0.3) is 10.9 Å². The summed E-state index contributed by atoms with van der Waals surface area (Å²) in [7, 11) is 2.96. The lowest BCUT2D eigenvalue weighted by Gasteiger charge is -2.21. The molecule has 0 aliphatic carbocycles. The fourth-order valence-electron chi connectivity index (χ4n) is 3.27. The van der Waals surface area contributed by atoms with Crippen LogP contribution in [-0.4, -0.2) is 49.5 Å². The lowest BCUT2D eigenvalue weighted by atomic mass is 10.0. The van der Waals surface area contributed by atoms with E-state index >= 15 is 0 Å². The predicted molar refractivity (Wildman–Crippen MR) is 119 cm³/mol. The number of methoxy groups -OCH3 is 2. The number of amides is 1. The standard InChI is InChI=1S/C24H26N2O6/c1-14(2)22(26-23(28)15-9-16(30-3)11-17(10-15)31-4)24(29)32-13-21(27)19-12-25-20-8-6-5-7-18(19)20/h5-12,14,22,25H,13H2,1-4H3,(H,26,28)/t22-/m1/s1. The van der Waals surface area contributed by atoms with E-state index in [1.807, 2.05) is 24.3 Å². The van der Waals surface area contributed by atoms with E-state index in [-0.39, 0.29) is 17.3 Å². The highest BCUT2D eigenvalue weighted by atomic mass is 16.5. The Morgan fingerprint density at radius 3 is 2.28 bits per heavy atom. The molecule has 1 atom stereocenters. The first kappa shape index (κ1) is 22.9. The number of aromatic amines is 1. The van der Waals surface area contributed by atoms with Crippen molar-refractivity contribution in [3.63, 3.8) is 0 Å². The molecule has 0 aliphatic heterocycles. The third-order valence-electron chi connectivity index (χ3n) is 5.06. The van der Waals surface area contributed by atoms with Crippen LogP contribution in [0.2, 0.25) is 0 Å². The van der Waals surface area contributed by atoms with Gasteiger partial charge in [-0.15, -0.1) is 0 Å². The molecule has 0 unspecified atom stereocenters. The van der Waals surface area contributed by atoms with Crippen molar-refractivity contribution in [2.75, 3.05) is 20.8 Å². The van der Waals surface area contributed by atoms with Gasteiger partial charge in [0.25, 0.3) is 5.91 Å². The first-order chi connectivity index (χ1) is 15.3. The van der Waals surface area contributed by atoms with E-state index in [9.17, 15) is 14.4 Å². The first-order valence-electron chi connectivity index (χ1n) is 10.1. The zero-order chi connectivity index (χ0) is 23.3. The second kappa shape index (κ2) is 10.00. The van der Waals surface area contributed by atoms with Crippen LogP contribution >= 0.6 is 0 Å². The normalized spacial score (nSPS) is 11.8. The van der Waals surface area contributed by atoms with E-state index in [0.29, 0.717) is 17.1 Å². The minimum absolute atomic E-state index is 0.262. The number of Topliss-reactive ketones (excluding diaryl/α,β-unsaturated/α-hetero) is 1. The van der Waals surface area contributed by atoms with Crippen LogP contribution < -0.4 is 14.8 Å². The Morgan fingerprint density at radius 2 is 1.66 bits per heavy atom. The zero-order valence-electron chi connectivity index (χ0n) is 18.4. The number of rotatable bonds is 9. The molecule has 0 spiro atoms. The van der Waals surface area contributed by atoms with Gasteiger partial charge in [0.1, 0.15) is 17.5 Å². The largest absolute Gasteiger partial charge is 0.497 e. The molecule has 1 amide bonds. The number of hydrogen-bond donors (Lipinski definition) is 2. The summed E-state index contributed by atoms with van der Waals surface area (Å²) >= 11 is 0. The number of ketones is 1. The van der Waals surface area contributed by atoms with Crippen LogP contribution in [0.4, 0.5) is 0 Å². The van der Waals surface area contributed by atoms with Gasteiger partial charge in [0.05, 0.1) is 14.2 Å². The van der Waals surface area contributed by atoms with Crippen molar-refractivity contribution in [2.45, 2.75) is 19.9 Å². The predicted octanol–water partition coefficient (Wildman–Crippen LogP) is 3.37. The van der Waals surface area contributed by atoms with Gasteiger partial charge in [-0.25, -0.2) is 4.79 Å². The maximum absolute atomic E-state index is 12.8. The van der Waals surface area contributed by atoms with Gasteiger partial charge >= 0.3 is 5.97 Å². The number of H-pyrrole nitrogens is 1. The van der Waals surface area contributed by atoms with Crippen LogP contribution in [0, 0.1) is 5.92 Å². The van der Waals surface area contributed by atoms with Gasteiger partial charge in [-0.2, -0.15) is 0 Å². The molecule has 0 bridgehead atoms. The second-order valence-corrected chi connectivity index (χ2v) is 7.58. The number of nitrogens with one attached hydrogen (secondary N) is 2. The van der Waals surface area contributed by atoms with Gasteiger partial charge in [-0.3, -0.25) is 9.59 Å². The van der Waals surface area contributed by atoms with Crippen molar-refractivity contribution in [3.05, 3.63) is 59.8 Å². The Morgan fingerprint density at radius 1 is 1.00 bits per heavy atom. The summed E-state index contributed by atoms with van der Waals surface area (Å²) < 4.78 is 15.6. The summed E-state index contributed by atoms with van der Waals surface area (Å²) in [5, 5.41) is 3.44. The third kappa shape index (κ3) is 5.08. The Kier molecular flexibility index (Phi) is 7.14. The average molecular weight is 438 g/mol. The third-order valence-corrected chi connectivity index (χ3v) is 5.06. The van der Waals surface area contributed by atoms with E-state index in [2.05, 4.69) is 10.3 Å². The maximum Gasteiger partial charge on any atom is 0.329 e. The lowest BCUT2D eigenvalue weighted by molar-refractivity contribution is -0.145. The molecular weight excluding hydrogens is 412 g/mol. The number of ether oxygens (including phenoxy) is 3. The monoisotopic (exact) mass is 438 g/mol. The molecule has 0 saturated carbocycles. The van der Waals surface area contributed by atoms with Crippen molar-refractivity contribution in [1.82, 2.24) is 10.3 Å². The Balaban J connectivity index is 1.68. The molecule has 2 aromatic carbocycles. The van der Waals surface area contributed by atoms with Gasteiger partial charge in [0.2, 0.25) is 5.78 Å². The van der Waals surface area contributed by atoms with Gasteiger partial charge in [0, 0.05) is 34.3 Å². The van der Waals surface area contributed by atoms with E-state index in [1.165, 1.54) is 14.2 Å². The molecule has 2 N–H and O–H groups in total. The molecule has 0 fully saturated rings. The van der Waals surface area contributed by atoms with Gasteiger partial charge in [-0.1, -0.05) is 32.0 Å². The topological polar surface area (TPSA) is 107 Å². The number of fused-ring (bicyclic) bond motifs is 1. The Bertz CT molecular complexity index is 1110.